The number of benzene rings is 1. The number of hydrogen-bond acceptors (Lipinski definition) is 3. The van der Waals surface area contributed by atoms with Crippen LogP contribution in [0.3, 0.4) is 0 Å². The van der Waals surface area contributed by atoms with E-state index in [1.165, 1.54) is 0 Å². The second-order valence-electron chi connectivity index (χ2n) is 3.99. The van der Waals surface area contributed by atoms with E-state index < -0.39 is 5.97 Å². The number of aliphatic carboxylic acids is 1. The number of nitrogens with zero attached hydrogens (tertiary/aromatic N) is 1. The Bertz CT molecular complexity index is 570. The van der Waals surface area contributed by atoms with Crippen LogP contribution in [0.4, 0.5) is 5.69 Å². The molecule has 0 amide bonds. The zero-order valence-corrected chi connectivity index (χ0v) is 13.0. The second-order valence-corrected chi connectivity index (χ2v) is 6.71. The highest BCUT2D eigenvalue weighted by Gasteiger charge is 2.12. The molecule has 0 unspecified atom stereocenters. The summed E-state index contributed by atoms with van der Waals surface area (Å²) in [5.41, 5.74) is 1.92. The van der Waals surface area contributed by atoms with Gasteiger partial charge in [0.05, 0.1) is 3.79 Å². The highest BCUT2D eigenvalue weighted by atomic mass is 79.9. The van der Waals surface area contributed by atoms with Gasteiger partial charge >= 0.3 is 5.97 Å². The largest absolute Gasteiger partial charge is 0.480 e. The molecule has 1 N–H and O–H groups in total. The average molecular weight is 361 g/mol. The van der Waals surface area contributed by atoms with Crippen molar-refractivity contribution in [2.24, 2.45) is 0 Å². The van der Waals surface area contributed by atoms with Gasteiger partial charge in [-0.05, 0) is 57.2 Å². The topological polar surface area (TPSA) is 40.5 Å². The molecule has 0 radical (unpaired) electrons. The molecular formula is C13H11BrClNO2S. The third kappa shape index (κ3) is 4.23. The molecule has 0 aliphatic rings. The van der Waals surface area contributed by atoms with Crippen molar-refractivity contribution in [3.8, 4) is 0 Å². The standard InChI is InChI=1S/C13H11BrClNO2S/c14-12-5-9(8-19-12)6-16(7-13(17)18)11-3-1-10(15)2-4-11/h1-5,8H,6-7H2,(H,17,18). The number of hydrogen-bond donors (Lipinski definition) is 1. The predicted octanol–water partition coefficient (Wildman–Crippen LogP) is 4.26. The quantitative estimate of drug-likeness (QED) is 0.866. The van der Waals surface area contributed by atoms with E-state index >= 15 is 0 Å². The van der Waals surface area contributed by atoms with Crippen molar-refractivity contribution < 1.29 is 9.90 Å². The number of halogens is 2. The van der Waals surface area contributed by atoms with Crippen LogP contribution in [0.1, 0.15) is 5.56 Å². The number of thiophene rings is 1. The Labute approximate surface area is 128 Å². The van der Waals surface area contributed by atoms with E-state index in [-0.39, 0.29) is 6.54 Å². The van der Waals surface area contributed by atoms with Gasteiger partial charge in [0, 0.05) is 17.3 Å². The fraction of sp³-hybridized carbons (Fsp3) is 0.154. The van der Waals surface area contributed by atoms with Gasteiger partial charge in [-0.3, -0.25) is 4.79 Å². The van der Waals surface area contributed by atoms with Crippen molar-refractivity contribution in [1.29, 1.82) is 0 Å². The predicted molar refractivity (Wildman–Crippen MR) is 82.2 cm³/mol. The number of carbonyl (C=O) groups is 1. The summed E-state index contributed by atoms with van der Waals surface area (Å²) in [7, 11) is 0. The van der Waals surface area contributed by atoms with Crippen LogP contribution in [0.5, 0.6) is 0 Å². The Kier molecular flexibility index (Phi) is 4.85. The molecule has 0 bridgehead atoms. The Morgan fingerprint density at radius 3 is 2.58 bits per heavy atom. The van der Waals surface area contributed by atoms with Gasteiger partial charge in [-0.15, -0.1) is 11.3 Å². The highest BCUT2D eigenvalue weighted by Crippen LogP contribution is 2.24. The average Bonchev–Trinajstić information content (AvgIpc) is 2.74. The van der Waals surface area contributed by atoms with Gasteiger partial charge in [0.25, 0.3) is 0 Å². The number of carboxylic acids is 1. The maximum Gasteiger partial charge on any atom is 0.323 e. The number of carboxylic acid groups (broad SMARTS) is 1. The van der Waals surface area contributed by atoms with Gasteiger partial charge in [0.1, 0.15) is 6.54 Å². The lowest BCUT2D eigenvalue weighted by Crippen LogP contribution is -2.28. The summed E-state index contributed by atoms with van der Waals surface area (Å²) in [6.07, 6.45) is 0. The Balaban J connectivity index is 2.20. The van der Waals surface area contributed by atoms with Gasteiger partial charge in [-0.2, -0.15) is 0 Å². The molecule has 0 saturated heterocycles. The molecular weight excluding hydrogens is 350 g/mol. The smallest absolute Gasteiger partial charge is 0.323 e. The zero-order chi connectivity index (χ0) is 13.8. The fourth-order valence-corrected chi connectivity index (χ4v) is 3.03. The molecule has 0 spiro atoms. The van der Waals surface area contributed by atoms with Crippen molar-refractivity contribution in [3.63, 3.8) is 0 Å². The minimum Gasteiger partial charge on any atom is -0.480 e. The lowest BCUT2D eigenvalue weighted by atomic mass is 10.2. The van der Waals surface area contributed by atoms with Gasteiger partial charge in [0.15, 0.2) is 0 Å². The molecule has 3 nitrogen and oxygen atoms in total. The monoisotopic (exact) mass is 359 g/mol. The second kappa shape index (κ2) is 6.41. The van der Waals surface area contributed by atoms with Crippen LogP contribution in [0.25, 0.3) is 0 Å². The summed E-state index contributed by atoms with van der Waals surface area (Å²) in [6.45, 7) is 0.505. The van der Waals surface area contributed by atoms with E-state index in [9.17, 15) is 4.79 Å². The molecule has 100 valence electrons. The van der Waals surface area contributed by atoms with E-state index in [1.807, 2.05) is 23.6 Å². The number of rotatable bonds is 5. The van der Waals surface area contributed by atoms with Crippen LogP contribution in [0.2, 0.25) is 5.02 Å². The molecule has 6 heteroatoms. The summed E-state index contributed by atoms with van der Waals surface area (Å²) < 4.78 is 1.04. The molecule has 0 atom stereocenters. The molecule has 2 rings (SSSR count). The van der Waals surface area contributed by atoms with Crippen LogP contribution in [-0.4, -0.2) is 17.6 Å². The molecule has 0 fully saturated rings. The van der Waals surface area contributed by atoms with Crippen LogP contribution < -0.4 is 4.90 Å². The lowest BCUT2D eigenvalue weighted by molar-refractivity contribution is -0.135. The molecule has 2 aromatic rings. The van der Waals surface area contributed by atoms with Crippen LogP contribution >= 0.6 is 38.9 Å². The first-order chi connectivity index (χ1) is 9.04. The van der Waals surface area contributed by atoms with Gasteiger partial charge in [0.2, 0.25) is 0 Å². The van der Waals surface area contributed by atoms with Crippen molar-refractivity contribution >= 4 is 50.5 Å². The minimum absolute atomic E-state index is 0.0465. The fourth-order valence-electron chi connectivity index (χ4n) is 1.70. The minimum atomic E-state index is -0.857. The van der Waals surface area contributed by atoms with E-state index in [0.717, 1.165) is 15.0 Å². The number of anilines is 1. The Hall–Kier alpha value is -1.04. The van der Waals surface area contributed by atoms with E-state index in [4.69, 9.17) is 16.7 Å². The molecule has 0 saturated carbocycles. The van der Waals surface area contributed by atoms with Crippen molar-refractivity contribution in [1.82, 2.24) is 0 Å². The Morgan fingerprint density at radius 2 is 2.05 bits per heavy atom. The maximum absolute atomic E-state index is 11.0. The van der Waals surface area contributed by atoms with Crippen LogP contribution in [-0.2, 0) is 11.3 Å². The SMILES string of the molecule is O=C(O)CN(Cc1csc(Br)c1)c1ccc(Cl)cc1. The molecule has 1 heterocycles. The van der Waals surface area contributed by atoms with Crippen molar-refractivity contribution in [2.75, 3.05) is 11.4 Å². The summed E-state index contributed by atoms with van der Waals surface area (Å²) in [6, 6.07) is 9.17. The summed E-state index contributed by atoms with van der Waals surface area (Å²) >= 11 is 10.8. The van der Waals surface area contributed by atoms with Gasteiger partial charge < -0.3 is 10.0 Å². The molecule has 1 aromatic carbocycles. The summed E-state index contributed by atoms with van der Waals surface area (Å²) in [5, 5.41) is 11.7. The van der Waals surface area contributed by atoms with Crippen molar-refractivity contribution in [2.45, 2.75) is 6.54 Å². The van der Waals surface area contributed by atoms with Gasteiger partial charge in [-0.25, -0.2) is 0 Å². The third-order valence-electron chi connectivity index (χ3n) is 2.51. The molecule has 1 aromatic heterocycles. The maximum atomic E-state index is 11.0. The molecule has 0 aliphatic carbocycles. The highest BCUT2D eigenvalue weighted by molar-refractivity contribution is 9.11. The normalized spacial score (nSPS) is 10.4. The van der Waals surface area contributed by atoms with Gasteiger partial charge in [-0.1, -0.05) is 11.6 Å². The summed E-state index contributed by atoms with van der Waals surface area (Å²) in [4.78, 5) is 12.8. The first-order valence-electron chi connectivity index (χ1n) is 5.50. The zero-order valence-electron chi connectivity index (χ0n) is 9.85. The first kappa shape index (κ1) is 14.4. The molecule has 0 aliphatic heterocycles. The van der Waals surface area contributed by atoms with Crippen molar-refractivity contribution in [3.05, 3.63) is 50.1 Å². The van der Waals surface area contributed by atoms with E-state index in [0.29, 0.717) is 11.6 Å². The molecule has 19 heavy (non-hydrogen) atoms. The third-order valence-corrected chi connectivity index (χ3v) is 4.32. The summed E-state index contributed by atoms with van der Waals surface area (Å²) in [5.74, 6) is -0.857. The van der Waals surface area contributed by atoms with E-state index in [1.54, 1.807) is 28.4 Å². The Morgan fingerprint density at radius 1 is 1.37 bits per heavy atom. The van der Waals surface area contributed by atoms with Crippen LogP contribution in [0.15, 0.2) is 39.5 Å². The van der Waals surface area contributed by atoms with E-state index in [2.05, 4.69) is 15.9 Å². The first-order valence-corrected chi connectivity index (χ1v) is 7.55. The van der Waals surface area contributed by atoms with Crippen LogP contribution in [0, 0.1) is 0 Å². The lowest BCUT2D eigenvalue weighted by Gasteiger charge is -2.22.